The van der Waals surface area contributed by atoms with Crippen LogP contribution in [0.2, 0.25) is 0 Å². The van der Waals surface area contributed by atoms with E-state index in [-0.39, 0.29) is 5.41 Å². The minimum absolute atomic E-state index is 0.173. The Kier molecular flexibility index (Phi) is 6.97. The smallest absolute Gasteiger partial charge is 0.0540 e. The van der Waals surface area contributed by atoms with Gasteiger partial charge in [-0.1, -0.05) is 128 Å². The molecule has 4 aliphatic rings. The number of rotatable bonds is 5. The molecule has 1 nitrogen and oxygen atoms in total. The van der Waals surface area contributed by atoms with Gasteiger partial charge < -0.3 is 4.90 Å². The number of hydrogen-bond donors (Lipinski definition) is 0. The Morgan fingerprint density at radius 3 is 2.09 bits per heavy atom. The van der Waals surface area contributed by atoms with Crippen LogP contribution >= 0.6 is 11.3 Å². The molecule has 0 N–H and O–H groups in total. The number of fused-ring (bicyclic) bond motifs is 11. The standard InChI is InChI=1S/C53H43NS/c1-33-27-37-29-38-31-45(37)49(28-33)53(38)47-16-8-5-14-42(47)46-30-36(21-26-48(46)53)41-13-6-9-17-50(41)54(39-22-19-35(20-23-39)34-11-3-2-4-12-34)40-24-25-44-43-15-7-10-18-51(43)55-52(44)32-40/h2-26,30,32-33,37-38,45,49H,27-29,31H2,1H3/t33-,37?,38-,45-,49+,53-/m1/s1. The second-order valence-corrected chi connectivity index (χ2v) is 18.1. The van der Waals surface area contributed by atoms with Crippen molar-refractivity contribution in [2.75, 3.05) is 4.90 Å². The molecule has 1 aromatic heterocycles. The molecule has 4 aliphatic carbocycles. The van der Waals surface area contributed by atoms with E-state index in [2.05, 4.69) is 176 Å². The van der Waals surface area contributed by atoms with E-state index in [1.807, 2.05) is 11.3 Å². The summed E-state index contributed by atoms with van der Waals surface area (Å²) in [5.74, 6) is 4.17. The first-order valence-corrected chi connectivity index (χ1v) is 21.2. The molecule has 1 heterocycles. The zero-order chi connectivity index (χ0) is 36.3. The van der Waals surface area contributed by atoms with Crippen molar-refractivity contribution in [3.8, 4) is 33.4 Å². The molecule has 2 bridgehead atoms. The van der Waals surface area contributed by atoms with Crippen LogP contribution in [0.3, 0.4) is 0 Å². The number of nitrogens with zero attached hydrogens (tertiary/aromatic N) is 1. The molecule has 7 aromatic carbocycles. The van der Waals surface area contributed by atoms with Gasteiger partial charge in [0, 0.05) is 42.5 Å². The second kappa shape index (κ2) is 12.0. The zero-order valence-electron chi connectivity index (χ0n) is 31.2. The molecule has 0 saturated heterocycles. The Balaban J connectivity index is 1.02. The van der Waals surface area contributed by atoms with E-state index in [1.165, 1.54) is 90.6 Å². The van der Waals surface area contributed by atoms with E-state index < -0.39 is 0 Å². The van der Waals surface area contributed by atoms with Gasteiger partial charge in [0.05, 0.1) is 5.69 Å². The maximum Gasteiger partial charge on any atom is 0.0540 e. The molecule has 266 valence electrons. The first-order chi connectivity index (χ1) is 27.1. The molecule has 0 radical (unpaired) electrons. The molecule has 1 unspecified atom stereocenters. The molecule has 8 aromatic rings. The van der Waals surface area contributed by atoms with Gasteiger partial charge in [-0.25, -0.2) is 0 Å². The third-order valence-corrected chi connectivity index (χ3v) is 15.4. The first kappa shape index (κ1) is 31.9. The van der Waals surface area contributed by atoms with Gasteiger partial charge in [-0.2, -0.15) is 0 Å². The van der Waals surface area contributed by atoms with E-state index in [0.29, 0.717) is 0 Å². The molecule has 2 heteroatoms. The summed E-state index contributed by atoms with van der Waals surface area (Å²) in [4.78, 5) is 2.48. The topological polar surface area (TPSA) is 3.24 Å². The van der Waals surface area contributed by atoms with E-state index in [9.17, 15) is 0 Å². The van der Waals surface area contributed by atoms with Crippen LogP contribution in [0.1, 0.15) is 43.7 Å². The van der Waals surface area contributed by atoms with Gasteiger partial charge in [-0.05, 0) is 137 Å². The minimum atomic E-state index is 0.173. The Morgan fingerprint density at radius 2 is 1.20 bits per heavy atom. The maximum atomic E-state index is 2.57. The van der Waals surface area contributed by atoms with E-state index in [0.717, 1.165) is 35.3 Å². The molecular weight excluding hydrogens is 683 g/mol. The molecule has 6 atom stereocenters. The van der Waals surface area contributed by atoms with Crippen molar-refractivity contribution >= 4 is 48.6 Å². The van der Waals surface area contributed by atoms with Gasteiger partial charge in [0.15, 0.2) is 0 Å². The predicted octanol–water partition coefficient (Wildman–Crippen LogP) is 14.8. The fraction of sp³-hybridized carbons (Fsp3) is 0.208. The fourth-order valence-corrected chi connectivity index (χ4v) is 13.5. The average Bonchev–Trinajstić information content (AvgIpc) is 3.98. The van der Waals surface area contributed by atoms with Gasteiger partial charge in [0.25, 0.3) is 0 Å². The monoisotopic (exact) mass is 725 g/mol. The normalized spacial score (nSPS) is 24.4. The van der Waals surface area contributed by atoms with Crippen LogP contribution in [-0.2, 0) is 5.41 Å². The minimum Gasteiger partial charge on any atom is -0.310 e. The van der Waals surface area contributed by atoms with Crippen LogP contribution in [0.15, 0.2) is 164 Å². The lowest BCUT2D eigenvalue weighted by atomic mass is 9.53. The number of benzene rings is 7. The fourth-order valence-electron chi connectivity index (χ4n) is 12.3. The molecule has 0 aliphatic heterocycles. The summed E-state index contributed by atoms with van der Waals surface area (Å²) in [6, 6.07) is 61.9. The molecule has 12 rings (SSSR count). The number of hydrogen-bond acceptors (Lipinski definition) is 2. The molecule has 0 amide bonds. The van der Waals surface area contributed by atoms with Crippen LogP contribution in [0.4, 0.5) is 17.1 Å². The van der Waals surface area contributed by atoms with E-state index in [4.69, 9.17) is 0 Å². The third-order valence-electron chi connectivity index (χ3n) is 14.3. The lowest BCUT2D eigenvalue weighted by molar-refractivity contribution is 0.0695. The Bertz CT molecular complexity index is 2780. The summed E-state index contributed by atoms with van der Waals surface area (Å²) in [5, 5.41) is 2.65. The lowest BCUT2D eigenvalue weighted by Crippen LogP contribution is -2.46. The lowest BCUT2D eigenvalue weighted by Gasteiger charge is -2.50. The molecular formula is C53H43NS. The molecule has 3 saturated carbocycles. The molecule has 1 spiro atoms. The Labute approximate surface area is 327 Å². The van der Waals surface area contributed by atoms with Crippen molar-refractivity contribution in [3.63, 3.8) is 0 Å². The summed E-state index contributed by atoms with van der Waals surface area (Å²) in [6.07, 6.45) is 5.64. The van der Waals surface area contributed by atoms with Gasteiger partial charge in [-0.3, -0.25) is 0 Å². The third kappa shape index (κ3) is 4.58. The van der Waals surface area contributed by atoms with Crippen LogP contribution in [0.5, 0.6) is 0 Å². The average molecular weight is 726 g/mol. The Hall–Kier alpha value is -5.44. The summed E-state index contributed by atoms with van der Waals surface area (Å²) >= 11 is 1.88. The maximum absolute atomic E-state index is 2.57. The van der Waals surface area contributed by atoms with Crippen LogP contribution < -0.4 is 4.90 Å². The van der Waals surface area contributed by atoms with Crippen molar-refractivity contribution in [1.29, 1.82) is 0 Å². The quantitative estimate of drug-likeness (QED) is 0.171. The van der Waals surface area contributed by atoms with Crippen LogP contribution in [0.25, 0.3) is 53.6 Å². The van der Waals surface area contributed by atoms with Crippen molar-refractivity contribution < 1.29 is 0 Å². The Morgan fingerprint density at radius 1 is 0.509 bits per heavy atom. The van der Waals surface area contributed by atoms with Crippen LogP contribution in [-0.4, -0.2) is 0 Å². The predicted molar refractivity (Wildman–Crippen MR) is 233 cm³/mol. The largest absolute Gasteiger partial charge is 0.310 e. The van der Waals surface area contributed by atoms with Crippen molar-refractivity contribution in [2.24, 2.45) is 29.6 Å². The highest BCUT2D eigenvalue weighted by Crippen LogP contribution is 2.73. The molecule has 3 fully saturated rings. The van der Waals surface area contributed by atoms with Crippen molar-refractivity contribution in [3.05, 3.63) is 175 Å². The van der Waals surface area contributed by atoms with E-state index >= 15 is 0 Å². The zero-order valence-corrected chi connectivity index (χ0v) is 32.0. The van der Waals surface area contributed by atoms with Gasteiger partial charge in [0.1, 0.15) is 0 Å². The summed E-state index contributed by atoms with van der Waals surface area (Å²) in [7, 11) is 0. The summed E-state index contributed by atoms with van der Waals surface area (Å²) in [6.45, 7) is 2.52. The van der Waals surface area contributed by atoms with Crippen molar-refractivity contribution in [1.82, 2.24) is 0 Å². The van der Waals surface area contributed by atoms with Gasteiger partial charge in [-0.15, -0.1) is 11.3 Å². The highest BCUT2D eigenvalue weighted by Gasteiger charge is 2.66. The SMILES string of the molecule is C[C@@H]1CC2C[C@@H]3C[C@H]2[C@H](C1)[C@@]31c2ccccc2-c2cc(-c3ccccc3N(c3ccc(-c4ccccc4)cc3)c3ccc4c(c3)sc3ccccc34)ccc21. The summed E-state index contributed by atoms with van der Waals surface area (Å²) in [5.41, 5.74) is 14.9. The summed E-state index contributed by atoms with van der Waals surface area (Å²) < 4.78 is 2.64. The highest BCUT2D eigenvalue weighted by molar-refractivity contribution is 7.25. The van der Waals surface area contributed by atoms with Crippen LogP contribution in [0, 0.1) is 29.6 Å². The highest BCUT2D eigenvalue weighted by atomic mass is 32.1. The first-order valence-electron chi connectivity index (χ1n) is 20.4. The van der Waals surface area contributed by atoms with Gasteiger partial charge >= 0.3 is 0 Å². The second-order valence-electron chi connectivity index (χ2n) is 17.0. The van der Waals surface area contributed by atoms with Crippen molar-refractivity contribution in [2.45, 2.75) is 38.0 Å². The number of thiophene rings is 1. The van der Waals surface area contributed by atoms with Gasteiger partial charge in [0.2, 0.25) is 0 Å². The number of anilines is 3. The number of para-hydroxylation sites is 1. The van der Waals surface area contributed by atoms with E-state index in [1.54, 1.807) is 11.1 Å². The molecule has 55 heavy (non-hydrogen) atoms.